The van der Waals surface area contributed by atoms with E-state index in [0.29, 0.717) is 6.61 Å². The van der Waals surface area contributed by atoms with Crippen LogP contribution >= 0.6 is 0 Å². The van der Waals surface area contributed by atoms with Crippen LogP contribution < -0.4 is 0 Å². The highest BCUT2D eigenvalue weighted by atomic mass is 17.2. The van der Waals surface area contributed by atoms with E-state index < -0.39 is 0 Å². The molecule has 13 heavy (non-hydrogen) atoms. The normalized spacial score (nSPS) is 10.6. The van der Waals surface area contributed by atoms with E-state index in [-0.39, 0.29) is 0 Å². The molecule has 0 spiro atoms. The highest BCUT2D eigenvalue weighted by Gasteiger charge is 1.91. The summed E-state index contributed by atoms with van der Waals surface area (Å²) in [5.41, 5.74) is 0. The molecule has 1 radical (unpaired) electrons. The molecule has 0 saturated carbocycles. The van der Waals surface area contributed by atoms with Gasteiger partial charge in [-0.15, -0.1) is 0 Å². The maximum absolute atomic E-state index is 4.67. The Hall–Kier alpha value is -0.0800. The standard InChI is InChI=1S/C11H23O2/c1-3-4-5-6-7-8-9-10-11-13-12-2/h2-11H2,1H3. The van der Waals surface area contributed by atoms with Gasteiger partial charge in [-0.25, -0.2) is 9.78 Å². The summed E-state index contributed by atoms with van der Waals surface area (Å²) in [5.74, 6) is 0. The van der Waals surface area contributed by atoms with Crippen LogP contribution in [0.15, 0.2) is 0 Å². The number of hydrogen-bond acceptors (Lipinski definition) is 2. The first kappa shape index (κ1) is 12.9. The van der Waals surface area contributed by atoms with Crippen LogP contribution in [-0.2, 0) is 9.78 Å². The molecule has 0 amide bonds. The molecule has 0 atom stereocenters. The van der Waals surface area contributed by atoms with Gasteiger partial charge in [0.05, 0.1) is 6.61 Å². The van der Waals surface area contributed by atoms with Gasteiger partial charge in [-0.1, -0.05) is 51.9 Å². The van der Waals surface area contributed by atoms with Gasteiger partial charge in [0.25, 0.3) is 0 Å². The Labute approximate surface area is 82.5 Å². The lowest BCUT2D eigenvalue weighted by Crippen LogP contribution is -1.91. The molecule has 0 aromatic carbocycles. The molecule has 79 valence electrons. The Kier molecular flexibility index (Phi) is 11.8. The molecule has 0 unspecified atom stereocenters. The second kappa shape index (κ2) is 11.9. The maximum Gasteiger partial charge on any atom is 0.109 e. The van der Waals surface area contributed by atoms with Crippen molar-refractivity contribution in [2.75, 3.05) is 6.61 Å². The molecular formula is C11H23O2. The highest BCUT2D eigenvalue weighted by Crippen LogP contribution is 2.08. The first-order valence-corrected chi connectivity index (χ1v) is 5.45. The third kappa shape index (κ3) is 11.9. The zero-order valence-corrected chi connectivity index (χ0v) is 8.89. The second-order valence-electron chi connectivity index (χ2n) is 3.41. The quantitative estimate of drug-likeness (QED) is 0.294. The molecule has 0 aromatic rings. The summed E-state index contributed by atoms with van der Waals surface area (Å²) in [5, 5.41) is 0. The van der Waals surface area contributed by atoms with Gasteiger partial charge in [0, 0.05) is 0 Å². The van der Waals surface area contributed by atoms with Gasteiger partial charge in [-0.3, -0.25) is 0 Å². The fourth-order valence-corrected chi connectivity index (χ4v) is 1.35. The maximum atomic E-state index is 4.67. The highest BCUT2D eigenvalue weighted by molar-refractivity contribution is 4.45. The minimum atomic E-state index is 0.679. The van der Waals surface area contributed by atoms with Gasteiger partial charge in [0.2, 0.25) is 0 Å². The van der Waals surface area contributed by atoms with Crippen molar-refractivity contribution in [1.82, 2.24) is 0 Å². The van der Waals surface area contributed by atoms with Crippen LogP contribution in [0.2, 0.25) is 0 Å². The summed E-state index contributed by atoms with van der Waals surface area (Å²) in [7, 11) is 3.13. The largest absolute Gasteiger partial charge is 0.237 e. The van der Waals surface area contributed by atoms with E-state index in [1.54, 1.807) is 0 Å². The Morgan fingerprint density at radius 1 is 0.846 bits per heavy atom. The number of rotatable bonds is 10. The van der Waals surface area contributed by atoms with Crippen LogP contribution in [0.1, 0.15) is 58.3 Å². The van der Waals surface area contributed by atoms with E-state index in [9.17, 15) is 0 Å². The molecule has 0 bridgehead atoms. The molecule has 0 aromatic heterocycles. The Morgan fingerprint density at radius 3 is 1.92 bits per heavy atom. The van der Waals surface area contributed by atoms with Crippen molar-refractivity contribution in [3.63, 3.8) is 0 Å². The van der Waals surface area contributed by atoms with Crippen molar-refractivity contribution >= 4 is 0 Å². The Bertz CT molecular complexity index is 74.2. The van der Waals surface area contributed by atoms with Gasteiger partial charge < -0.3 is 0 Å². The predicted molar refractivity (Wildman–Crippen MR) is 55.0 cm³/mol. The van der Waals surface area contributed by atoms with E-state index in [0.717, 1.165) is 6.42 Å². The predicted octanol–water partition coefficient (Wildman–Crippen LogP) is 3.87. The van der Waals surface area contributed by atoms with Crippen LogP contribution in [0.25, 0.3) is 0 Å². The summed E-state index contributed by atoms with van der Waals surface area (Å²) in [6, 6.07) is 0. The summed E-state index contributed by atoms with van der Waals surface area (Å²) in [6.07, 6.45) is 10.5. The van der Waals surface area contributed by atoms with Crippen LogP contribution in [0.5, 0.6) is 0 Å². The van der Waals surface area contributed by atoms with Gasteiger partial charge >= 0.3 is 0 Å². The lowest BCUT2D eigenvalue weighted by Gasteiger charge is -2.01. The summed E-state index contributed by atoms with van der Waals surface area (Å²) >= 11 is 0. The first-order chi connectivity index (χ1) is 6.41. The molecule has 0 aliphatic rings. The Balaban J connectivity index is 2.76. The smallest absolute Gasteiger partial charge is 0.109 e. The van der Waals surface area contributed by atoms with Crippen LogP contribution in [0, 0.1) is 7.11 Å². The average molecular weight is 187 g/mol. The molecule has 2 heteroatoms. The van der Waals surface area contributed by atoms with Crippen LogP contribution in [0.4, 0.5) is 0 Å². The third-order valence-electron chi connectivity index (χ3n) is 2.16. The zero-order chi connectivity index (χ0) is 9.78. The minimum absolute atomic E-state index is 0.679. The van der Waals surface area contributed by atoms with Crippen molar-refractivity contribution in [2.24, 2.45) is 0 Å². The zero-order valence-electron chi connectivity index (χ0n) is 8.89. The third-order valence-corrected chi connectivity index (χ3v) is 2.16. The molecule has 2 nitrogen and oxygen atoms in total. The van der Waals surface area contributed by atoms with Crippen LogP contribution in [-0.4, -0.2) is 6.61 Å². The molecule has 0 aliphatic carbocycles. The molecule has 0 saturated heterocycles. The van der Waals surface area contributed by atoms with E-state index in [4.69, 9.17) is 0 Å². The molecule has 0 rings (SSSR count). The van der Waals surface area contributed by atoms with Gasteiger partial charge in [-0.2, -0.15) is 0 Å². The SMILES string of the molecule is [CH2]OOCCCCCCCCCC. The van der Waals surface area contributed by atoms with E-state index in [1.807, 2.05) is 0 Å². The van der Waals surface area contributed by atoms with Gasteiger partial charge in [0.15, 0.2) is 0 Å². The van der Waals surface area contributed by atoms with Crippen LogP contribution in [0.3, 0.4) is 0 Å². The van der Waals surface area contributed by atoms with Crippen molar-refractivity contribution in [2.45, 2.75) is 58.3 Å². The lowest BCUT2D eigenvalue weighted by molar-refractivity contribution is -0.253. The van der Waals surface area contributed by atoms with E-state index in [2.05, 4.69) is 23.8 Å². The minimum Gasteiger partial charge on any atom is -0.237 e. The first-order valence-electron chi connectivity index (χ1n) is 5.45. The number of unbranched alkanes of at least 4 members (excludes halogenated alkanes) is 7. The van der Waals surface area contributed by atoms with E-state index >= 15 is 0 Å². The van der Waals surface area contributed by atoms with Crippen molar-refractivity contribution in [1.29, 1.82) is 0 Å². The molecule has 0 heterocycles. The fraction of sp³-hybridized carbons (Fsp3) is 0.909. The topological polar surface area (TPSA) is 18.5 Å². The molecule has 0 fully saturated rings. The van der Waals surface area contributed by atoms with Gasteiger partial charge in [-0.05, 0) is 6.42 Å². The second-order valence-corrected chi connectivity index (χ2v) is 3.41. The summed E-state index contributed by atoms with van der Waals surface area (Å²) in [6.45, 7) is 2.93. The van der Waals surface area contributed by atoms with Crippen molar-refractivity contribution in [3.8, 4) is 0 Å². The molecule has 0 N–H and O–H groups in total. The monoisotopic (exact) mass is 187 g/mol. The van der Waals surface area contributed by atoms with Gasteiger partial charge in [0.1, 0.15) is 7.11 Å². The average Bonchev–Trinajstić information content (AvgIpc) is 2.16. The van der Waals surface area contributed by atoms with Crippen molar-refractivity contribution in [3.05, 3.63) is 7.11 Å². The molecular weight excluding hydrogens is 164 g/mol. The summed E-state index contributed by atoms with van der Waals surface area (Å²) < 4.78 is 0. The Morgan fingerprint density at radius 2 is 1.38 bits per heavy atom. The van der Waals surface area contributed by atoms with Crippen molar-refractivity contribution < 1.29 is 9.78 Å². The van der Waals surface area contributed by atoms with E-state index in [1.165, 1.54) is 44.9 Å². The molecule has 0 aliphatic heterocycles. The lowest BCUT2D eigenvalue weighted by atomic mass is 10.1. The fourth-order valence-electron chi connectivity index (χ4n) is 1.35. The number of hydrogen-bond donors (Lipinski definition) is 0. The summed E-state index contributed by atoms with van der Waals surface area (Å²) in [4.78, 5) is 8.92.